The van der Waals surface area contributed by atoms with Crippen molar-refractivity contribution in [1.82, 2.24) is 5.32 Å². The van der Waals surface area contributed by atoms with Gasteiger partial charge in [-0.15, -0.1) is 0 Å². The summed E-state index contributed by atoms with van der Waals surface area (Å²) in [6.45, 7) is 5.88. The van der Waals surface area contributed by atoms with E-state index in [9.17, 15) is 4.39 Å². The molecular formula is C13H19BrFNO. The molecule has 2 nitrogen and oxygen atoms in total. The van der Waals surface area contributed by atoms with Gasteiger partial charge in [0.2, 0.25) is 0 Å². The average Bonchev–Trinajstić information content (AvgIpc) is 2.24. The predicted octanol–water partition coefficient (Wildman–Crippen LogP) is 3.75. The largest absolute Gasteiger partial charge is 0.489 e. The Bertz CT molecular complexity index is 326. The molecule has 96 valence electrons. The molecule has 1 rings (SSSR count). The highest BCUT2D eigenvalue weighted by Gasteiger charge is 2.10. The molecule has 17 heavy (non-hydrogen) atoms. The van der Waals surface area contributed by atoms with Gasteiger partial charge in [-0.3, -0.25) is 0 Å². The number of nitrogens with one attached hydrogen (secondary N) is 1. The van der Waals surface area contributed by atoms with Crippen molar-refractivity contribution in [2.24, 2.45) is 0 Å². The summed E-state index contributed by atoms with van der Waals surface area (Å²) in [6, 6.07) is 4.63. The molecule has 1 aromatic rings. The molecular weight excluding hydrogens is 285 g/mol. The normalized spacial score (nSPS) is 12.5. The first-order valence-corrected chi connectivity index (χ1v) is 6.78. The summed E-state index contributed by atoms with van der Waals surface area (Å²) in [5, 5.41) is 3.25. The first-order valence-electron chi connectivity index (χ1n) is 5.99. The molecule has 0 aliphatic carbocycles. The Morgan fingerprint density at radius 3 is 2.71 bits per heavy atom. The second-order valence-electron chi connectivity index (χ2n) is 3.94. The lowest BCUT2D eigenvalue weighted by Gasteiger charge is -2.19. The Kier molecular flexibility index (Phi) is 6.52. The van der Waals surface area contributed by atoms with Crippen molar-refractivity contribution in [2.75, 3.05) is 13.1 Å². The molecule has 0 aliphatic rings. The van der Waals surface area contributed by atoms with Gasteiger partial charge in [-0.1, -0.05) is 36.2 Å². The van der Waals surface area contributed by atoms with E-state index in [0.29, 0.717) is 10.2 Å². The van der Waals surface area contributed by atoms with Crippen LogP contribution in [-0.4, -0.2) is 19.2 Å². The third-order valence-corrected chi connectivity index (χ3v) is 2.83. The zero-order valence-corrected chi connectivity index (χ0v) is 11.9. The van der Waals surface area contributed by atoms with Crippen LogP contribution in [0.1, 0.15) is 26.7 Å². The molecule has 0 heterocycles. The van der Waals surface area contributed by atoms with E-state index in [2.05, 4.69) is 35.1 Å². The quantitative estimate of drug-likeness (QED) is 0.828. The summed E-state index contributed by atoms with van der Waals surface area (Å²) in [5.41, 5.74) is 0. The fraction of sp³-hybridized carbons (Fsp3) is 0.538. The molecule has 0 fully saturated rings. The average molecular weight is 304 g/mol. The summed E-state index contributed by atoms with van der Waals surface area (Å²) in [5.74, 6) is 0.293. The molecule has 0 saturated heterocycles. The smallest absolute Gasteiger partial charge is 0.128 e. The lowest BCUT2D eigenvalue weighted by atomic mass is 10.2. The van der Waals surface area contributed by atoms with Crippen LogP contribution in [0.2, 0.25) is 0 Å². The first-order chi connectivity index (χ1) is 8.15. The van der Waals surface area contributed by atoms with Crippen LogP contribution < -0.4 is 10.1 Å². The number of hydrogen-bond donors (Lipinski definition) is 1. The van der Waals surface area contributed by atoms with E-state index < -0.39 is 0 Å². The second kappa shape index (κ2) is 7.67. The highest BCUT2D eigenvalue weighted by molar-refractivity contribution is 9.10. The van der Waals surface area contributed by atoms with Gasteiger partial charge in [-0.2, -0.15) is 0 Å². The van der Waals surface area contributed by atoms with Crippen LogP contribution in [0.4, 0.5) is 4.39 Å². The highest BCUT2D eigenvalue weighted by Crippen LogP contribution is 2.22. The number of likely N-dealkylation sites (N-methyl/N-ethyl adjacent to an activating group) is 1. The molecule has 1 atom stereocenters. The molecule has 0 saturated carbocycles. The molecule has 4 heteroatoms. The zero-order chi connectivity index (χ0) is 12.7. The van der Waals surface area contributed by atoms with Crippen LogP contribution in [0.5, 0.6) is 5.75 Å². The van der Waals surface area contributed by atoms with Crippen LogP contribution in [-0.2, 0) is 0 Å². The topological polar surface area (TPSA) is 21.3 Å². The maximum Gasteiger partial charge on any atom is 0.128 e. The molecule has 1 N–H and O–H groups in total. The predicted molar refractivity (Wildman–Crippen MR) is 72.0 cm³/mol. The van der Waals surface area contributed by atoms with E-state index in [4.69, 9.17) is 4.74 Å². The zero-order valence-electron chi connectivity index (χ0n) is 10.3. The van der Waals surface area contributed by atoms with Crippen molar-refractivity contribution < 1.29 is 9.13 Å². The van der Waals surface area contributed by atoms with Crippen LogP contribution in [0, 0.1) is 5.82 Å². The fourth-order valence-electron chi connectivity index (χ4n) is 1.62. The van der Waals surface area contributed by atoms with E-state index in [1.54, 1.807) is 6.07 Å². The molecule has 0 bridgehead atoms. The third-order valence-electron chi connectivity index (χ3n) is 2.37. The maximum atomic E-state index is 13.2. The van der Waals surface area contributed by atoms with E-state index in [1.807, 2.05) is 0 Å². The van der Waals surface area contributed by atoms with Crippen molar-refractivity contribution in [3.8, 4) is 5.75 Å². The number of halogens is 2. The van der Waals surface area contributed by atoms with Crippen LogP contribution in [0.25, 0.3) is 0 Å². The molecule has 0 aliphatic heterocycles. The lowest BCUT2D eigenvalue weighted by Crippen LogP contribution is -2.31. The number of rotatable bonds is 7. The number of ether oxygens (including phenoxy) is 1. The molecule has 0 spiro atoms. The van der Waals surface area contributed by atoms with E-state index >= 15 is 0 Å². The minimum atomic E-state index is -0.284. The van der Waals surface area contributed by atoms with E-state index in [1.165, 1.54) is 12.1 Å². The van der Waals surface area contributed by atoms with Crippen molar-refractivity contribution in [1.29, 1.82) is 0 Å². The monoisotopic (exact) mass is 303 g/mol. The van der Waals surface area contributed by atoms with Gasteiger partial charge in [0.15, 0.2) is 0 Å². The van der Waals surface area contributed by atoms with Crippen LogP contribution in [0.15, 0.2) is 22.7 Å². The van der Waals surface area contributed by atoms with Gasteiger partial charge in [0.05, 0.1) is 0 Å². The Labute approximate surface area is 111 Å². The highest BCUT2D eigenvalue weighted by atomic mass is 79.9. The number of hydrogen-bond acceptors (Lipinski definition) is 2. The van der Waals surface area contributed by atoms with Gasteiger partial charge < -0.3 is 10.1 Å². The molecule has 0 aromatic heterocycles. The van der Waals surface area contributed by atoms with Crippen molar-refractivity contribution in [2.45, 2.75) is 32.8 Å². The lowest BCUT2D eigenvalue weighted by molar-refractivity contribution is 0.186. The van der Waals surface area contributed by atoms with Crippen molar-refractivity contribution in [3.05, 3.63) is 28.5 Å². The molecule has 1 unspecified atom stereocenters. The molecule has 0 radical (unpaired) electrons. The fourth-order valence-corrected chi connectivity index (χ4v) is 2.06. The summed E-state index contributed by atoms with van der Waals surface area (Å²) < 4.78 is 19.7. The van der Waals surface area contributed by atoms with E-state index in [-0.39, 0.29) is 11.9 Å². The second-order valence-corrected chi connectivity index (χ2v) is 4.86. The Hall–Kier alpha value is -0.610. The Balaban J connectivity index is 2.63. The standard InChI is InChI=1S/C13H19BrFNO/c1-3-5-12(9-16-4-2)17-13-7-10(14)6-11(15)8-13/h6-8,12,16H,3-5,9H2,1-2H3. The van der Waals surface area contributed by atoms with Gasteiger partial charge in [0.25, 0.3) is 0 Å². The first kappa shape index (κ1) is 14.5. The summed E-state index contributed by atoms with van der Waals surface area (Å²) in [7, 11) is 0. The minimum absolute atomic E-state index is 0.0913. The van der Waals surface area contributed by atoms with Crippen molar-refractivity contribution >= 4 is 15.9 Å². The SMILES string of the molecule is CCCC(CNCC)Oc1cc(F)cc(Br)c1. The van der Waals surface area contributed by atoms with Gasteiger partial charge in [-0.25, -0.2) is 4.39 Å². The Morgan fingerprint density at radius 1 is 1.35 bits per heavy atom. The summed E-state index contributed by atoms with van der Waals surface area (Å²) in [4.78, 5) is 0. The summed E-state index contributed by atoms with van der Waals surface area (Å²) in [6.07, 6.45) is 2.10. The molecule has 1 aromatic carbocycles. The minimum Gasteiger partial charge on any atom is -0.489 e. The number of benzene rings is 1. The van der Waals surface area contributed by atoms with Gasteiger partial charge in [0.1, 0.15) is 17.7 Å². The van der Waals surface area contributed by atoms with Crippen LogP contribution in [0.3, 0.4) is 0 Å². The third kappa shape index (κ3) is 5.50. The molecule has 0 amide bonds. The van der Waals surface area contributed by atoms with Crippen LogP contribution >= 0.6 is 15.9 Å². The maximum absolute atomic E-state index is 13.2. The van der Waals surface area contributed by atoms with Gasteiger partial charge in [0, 0.05) is 17.1 Å². The van der Waals surface area contributed by atoms with Gasteiger partial charge in [-0.05, 0) is 25.1 Å². The Morgan fingerprint density at radius 2 is 2.12 bits per heavy atom. The van der Waals surface area contributed by atoms with E-state index in [0.717, 1.165) is 25.9 Å². The van der Waals surface area contributed by atoms with Crippen molar-refractivity contribution in [3.63, 3.8) is 0 Å². The summed E-state index contributed by atoms with van der Waals surface area (Å²) >= 11 is 3.26. The van der Waals surface area contributed by atoms with Gasteiger partial charge >= 0.3 is 0 Å².